The van der Waals surface area contributed by atoms with Crippen LogP contribution in [0.5, 0.6) is 0 Å². The van der Waals surface area contributed by atoms with Crippen molar-refractivity contribution in [2.45, 2.75) is 66.5 Å². The highest BCUT2D eigenvalue weighted by atomic mass is 79.9. The Hall–Kier alpha value is -0.980. The Labute approximate surface area is 155 Å². The molecule has 0 aliphatic heterocycles. The minimum atomic E-state index is -0.169. The van der Waals surface area contributed by atoms with Crippen molar-refractivity contribution in [2.75, 3.05) is 0 Å². The van der Waals surface area contributed by atoms with Gasteiger partial charge in [0.15, 0.2) is 0 Å². The summed E-state index contributed by atoms with van der Waals surface area (Å²) in [5.74, 6) is 5.66. The molecule has 140 valence electrons. The average Bonchev–Trinajstić information content (AvgIpc) is 2.44. The van der Waals surface area contributed by atoms with E-state index in [0.29, 0.717) is 16.0 Å². The Bertz CT molecular complexity index is 462. The maximum atomic E-state index is 12.7. The summed E-state index contributed by atoms with van der Waals surface area (Å²) >= 11 is 3.07. The van der Waals surface area contributed by atoms with Crippen LogP contribution in [0.4, 0.5) is 4.39 Å². The summed E-state index contributed by atoms with van der Waals surface area (Å²) < 4.78 is 13.2. The Balaban J connectivity index is 0. The number of hydrogen-bond acceptors (Lipinski definition) is 4. The van der Waals surface area contributed by atoms with Crippen molar-refractivity contribution in [1.82, 2.24) is 10.9 Å². The molecule has 0 bridgehead atoms. The van der Waals surface area contributed by atoms with E-state index in [9.17, 15) is 4.39 Å². The molecule has 0 unspecified atom stereocenters. The van der Waals surface area contributed by atoms with Crippen LogP contribution in [0.3, 0.4) is 0 Å². The summed E-state index contributed by atoms with van der Waals surface area (Å²) in [6.45, 7) is 19.5. The number of hydrogen-bond donors (Lipinski definition) is 3. The van der Waals surface area contributed by atoms with E-state index in [1.54, 1.807) is 19.1 Å². The van der Waals surface area contributed by atoms with Crippen molar-refractivity contribution >= 4 is 22.6 Å². The molecule has 0 saturated carbocycles. The second-order valence-corrected chi connectivity index (χ2v) is 8.27. The van der Waals surface area contributed by atoms with E-state index in [-0.39, 0.29) is 16.9 Å². The van der Waals surface area contributed by atoms with Crippen molar-refractivity contribution < 1.29 is 4.39 Å². The Morgan fingerprint density at radius 1 is 1.21 bits per heavy atom. The molecule has 0 spiro atoms. The van der Waals surface area contributed by atoms with E-state index >= 15 is 0 Å². The van der Waals surface area contributed by atoms with Gasteiger partial charge in [0.05, 0.1) is 4.47 Å². The summed E-state index contributed by atoms with van der Waals surface area (Å²) in [5, 5.41) is 3.51. The molecule has 0 fully saturated rings. The van der Waals surface area contributed by atoms with Crippen molar-refractivity contribution in [3.63, 3.8) is 0 Å². The van der Waals surface area contributed by atoms with Crippen molar-refractivity contribution in [3.05, 3.63) is 34.1 Å². The van der Waals surface area contributed by atoms with Crippen molar-refractivity contribution in [1.29, 1.82) is 0 Å². The zero-order valence-corrected chi connectivity index (χ0v) is 17.9. The molecule has 0 saturated heterocycles. The maximum absolute atomic E-state index is 12.7. The molecule has 0 amide bonds. The lowest BCUT2D eigenvalue weighted by atomic mass is 9.92. The molecule has 24 heavy (non-hydrogen) atoms. The van der Waals surface area contributed by atoms with Crippen molar-refractivity contribution in [2.24, 2.45) is 16.9 Å². The Morgan fingerprint density at radius 3 is 1.88 bits per heavy atom. The van der Waals surface area contributed by atoms with Crippen molar-refractivity contribution in [3.8, 4) is 0 Å². The van der Waals surface area contributed by atoms with Crippen LogP contribution in [0, 0.1) is 18.7 Å². The monoisotopic (exact) mass is 404 g/mol. The normalized spacial score (nSPS) is 11.0. The van der Waals surface area contributed by atoms with Crippen LogP contribution in [0.15, 0.2) is 27.8 Å². The van der Waals surface area contributed by atoms with E-state index in [1.807, 2.05) is 26.8 Å². The highest BCUT2D eigenvalue weighted by Crippen LogP contribution is 2.17. The van der Waals surface area contributed by atoms with E-state index in [2.05, 4.69) is 66.3 Å². The SMILES string of the molecule is C=NNC(C)(C)C.CC(C)C(C)(C)NN.Cc1cccc(Br)c1F. The van der Waals surface area contributed by atoms with Gasteiger partial charge in [-0.2, -0.15) is 5.10 Å². The zero-order valence-electron chi connectivity index (χ0n) is 16.3. The molecular formula is C18H34BrFN4. The molecule has 0 aromatic heterocycles. The van der Waals surface area contributed by atoms with Crippen LogP contribution in [-0.2, 0) is 0 Å². The summed E-state index contributed by atoms with van der Waals surface area (Å²) in [4.78, 5) is 0. The second kappa shape index (κ2) is 11.6. The Morgan fingerprint density at radius 2 is 1.71 bits per heavy atom. The summed E-state index contributed by atoms with van der Waals surface area (Å²) in [7, 11) is 0. The highest BCUT2D eigenvalue weighted by Gasteiger charge is 2.18. The van der Waals surface area contributed by atoms with Gasteiger partial charge in [-0.1, -0.05) is 26.0 Å². The average molecular weight is 405 g/mol. The minimum absolute atomic E-state index is 0.0694. The molecule has 1 rings (SSSR count). The third kappa shape index (κ3) is 12.4. The first-order valence-electron chi connectivity index (χ1n) is 7.89. The van der Waals surface area contributed by atoms with Gasteiger partial charge >= 0.3 is 0 Å². The standard InChI is InChI=1S/C7H6BrF.C6H16N2.C5H12N2/c1-5-3-2-4-6(8)7(5)9;1-5(2)6(3,4)8-7;1-5(2,3)7-6-4/h2-4H,1H3;5,8H,7H2,1-4H3;7H,4H2,1-3H3. The molecule has 0 heterocycles. The van der Waals surface area contributed by atoms with Gasteiger partial charge < -0.3 is 5.43 Å². The number of benzene rings is 1. The number of aryl methyl sites for hydroxylation is 1. The predicted octanol–water partition coefficient (Wildman–Crippen LogP) is 4.77. The van der Waals surface area contributed by atoms with E-state index in [1.165, 1.54) is 0 Å². The van der Waals surface area contributed by atoms with Gasteiger partial charge in [-0.25, -0.2) is 4.39 Å². The van der Waals surface area contributed by atoms with Gasteiger partial charge in [-0.3, -0.25) is 11.3 Å². The molecule has 6 heteroatoms. The topological polar surface area (TPSA) is 62.4 Å². The third-order valence-corrected chi connectivity index (χ3v) is 3.99. The predicted molar refractivity (Wildman–Crippen MR) is 108 cm³/mol. The number of hydrazine groups is 1. The molecule has 1 aromatic rings. The summed E-state index contributed by atoms with van der Waals surface area (Å²) in [6, 6.07) is 5.23. The van der Waals surface area contributed by atoms with Crippen LogP contribution in [0.1, 0.15) is 54.0 Å². The molecule has 0 aliphatic rings. The van der Waals surface area contributed by atoms with Gasteiger partial charge in [-0.05, 0) is 75.0 Å². The van der Waals surface area contributed by atoms with Crippen LogP contribution >= 0.6 is 15.9 Å². The molecule has 4 N–H and O–H groups in total. The molecule has 0 atom stereocenters. The summed E-state index contributed by atoms with van der Waals surface area (Å²) in [5.41, 5.74) is 6.35. The largest absolute Gasteiger partial charge is 0.305 e. The number of nitrogens with zero attached hydrogens (tertiary/aromatic N) is 1. The van der Waals surface area contributed by atoms with Crippen LogP contribution < -0.4 is 16.7 Å². The zero-order chi connectivity index (χ0) is 19.6. The van der Waals surface area contributed by atoms with E-state index in [4.69, 9.17) is 5.84 Å². The number of hydrazone groups is 1. The van der Waals surface area contributed by atoms with Gasteiger partial charge in [0.1, 0.15) is 5.82 Å². The first-order chi connectivity index (χ1) is 10.8. The van der Waals surface area contributed by atoms with Gasteiger partial charge in [0.25, 0.3) is 0 Å². The number of nitrogens with two attached hydrogens (primary N) is 1. The maximum Gasteiger partial charge on any atom is 0.140 e. The third-order valence-electron chi connectivity index (χ3n) is 3.37. The van der Waals surface area contributed by atoms with Gasteiger partial charge in [-0.15, -0.1) is 0 Å². The van der Waals surface area contributed by atoms with E-state index < -0.39 is 0 Å². The lowest BCUT2D eigenvalue weighted by Crippen LogP contribution is -2.48. The number of halogens is 2. The number of nitrogens with one attached hydrogen (secondary N) is 2. The lowest BCUT2D eigenvalue weighted by Gasteiger charge is -2.27. The molecule has 0 aliphatic carbocycles. The second-order valence-electron chi connectivity index (χ2n) is 7.41. The van der Waals surface area contributed by atoms with E-state index in [0.717, 1.165) is 0 Å². The van der Waals surface area contributed by atoms with Crippen LogP contribution in [0.25, 0.3) is 0 Å². The summed E-state index contributed by atoms with van der Waals surface area (Å²) in [6.07, 6.45) is 0. The molecular weight excluding hydrogens is 371 g/mol. The van der Waals surface area contributed by atoms with Crippen LogP contribution in [-0.4, -0.2) is 17.8 Å². The quantitative estimate of drug-likeness (QED) is 0.386. The molecule has 1 aromatic carbocycles. The Kier molecular flexibility index (Phi) is 12.2. The fourth-order valence-electron chi connectivity index (χ4n) is 1.02. The highest BCUT2D eigenvalue weighted by molar-refractivity contribution is 9.10. The van der Waals surface area contributed by atoms with Gasteiger partial charge in [0.2, 0.25) is 0 Å². The van der Waals surface area contributed by atoms with Crippen LogP contribution in [0.2, 0.25) is 0 Å². The first-order valence-corrected chi connectivity index (χ1v) is 8.69. The molecule has 0 radical (unpaired) electrons. The van der Waals surface area contributed by atoms with Gasteiger partial charge in [0, 0.05) is 17.8 Å². The minimum Gasteiger partial charge on any atom is -0.305 e. The number of rotatable bonds is 3. The molecule has 4 nitrogen and oxygen atoms in total. The smallest absolute Gasteiger partial charge is 0.140 e. The first kappa shape index (κ1) is 25.3. The fraction of sp³-hybridized carbons (Fsp3) is 0.611. The lowest BCUT2D eigenvalue weighted by molar-refractivity contribution is 0.292. The fourth-order valence-corrected chi connectivity index (χ4v) is 1.48.